The maximum atomic E-state index is 9.65. The lowest BCUT2D eigenvalue weighted by Crippen LogP contribution is -1.93. The molecule has 0 aliphatic rings. The number of benzene rings is 1. The zero-order valence-corrected chi connectivity index (χ0v) is 9.21. The number of aromatic hydroxyl groups is 1. The maximum absolute atomic E-state index is 9.65. The molecule has 0 aliphatic carbocycles. The van der Waals surface area contributed by atoms with Gasteiger partial charge in [-0.3, -0.25) is 0 Å². The molecule has 0 aliphatic heterocycles. The third kappa shape index (κ3) is 2.76. The summed E-state index contributed by atoms with van der Waals surface area (Å²) in [5, 5.41) is 9.65. The molecule has 0 radical (unpaired) electrons. The maximum Gasteiger partial charge on any atom is 0.119 e. The summed E-state index contributed by atoms with van der Waals surface area (Å²) in [6, 6.07) is 5.85. The van der Waals surface area contributed by atoms with Crippen LogP contribution in [0.1, 0.15) is 44.2 Å². The Morgan fingerprint density at radius 3 is 2.57 bits per heavy atom. The molecule has 1 nitrogen and oxygen atoms in total. The van der Waals surface area contributed by atoms with Crippen molar-refractivity contribution in [2.75, 3.05) is 0 Å². The van der Waals surface area contributed by atoms with Crippen LogP contribution in [0.2, 0.25) is 0 Å². The first-order valence-corrected chi connectivity index (χ1v) is 5.59. The molecule has 0 bridgehead atoms. The normalized spacial score (nSPS) is 10.4. The lowest BCUT2D eigenvalue weighted by Gasteiger charge is -2.09. The van der Waals surface area contributed by atoms with E-state index in [0.717, 1.165) is 18.4 Å². The molecule has 1 rings (SSSR count). The molecule has 0 heterocycles. The number of hydrogen-bond donors (Lipinski definition) is 1. The first-order valence-electron chi connectivity index (χ1n) is 5.59. The van der Waals surface area contributed by atoms with Gasteiger partial charge in [-0.2, -0.15) is 0 Å². The smallest absolute Gasteiger partial charge is 0.119 e. The van der Waals surface area contributed by atoms with E-state index in [2.05, 4.69) is 19.9 Å². The van der Waals surface area contributed by atoms with Crippen LogP contribution >= 0.6 is 0 Å². The minimum Gasteiger partial charge on any atom is -0.508 e. The predicted octanol–water partition coefficient (Wildman–Crippen LogP) is 3.69. The van der Waals surface area contributed by atoms with Gasteiger partial charge in [0.25, 0.3) is 0 Å². The summed E-state index contributed by atoms with van der Waals surface area (Å²) in [6.45, 7) is 4.31. The fourth-order valence-corrected chi connectivity index (χ4v) is 1.83. The summed E-state index contributed by atoms with van der Waals surface area (Å²) >= 11 is 0. The standard InChI is InChI=1S/C13H20O/c1-3-5-6-8-11-9-7-10-13(14)12(11)4-2/h7,9-10,14H,3-6,8H2,1-2H3. The molecule has 1 heteroatoms. The molecular weight excluding hydrogens is 172 g/mol. The predicted molar refractivity (Wildman–Crippen MR) is 60.7 cm³/mol. The van der Waals surface area contributed by atoms with Crippen LogP contribution in [0.3, 0.4) is 0 Å². The molecule has 0 unspecified atom stereocenters. The molecule has 14 heavy (non-hydrogen) atoms. The average molecular weight is 192 g/mol. The molecule has 0 saturated heterocycles. The van der Waals surface area contributed by atoms with Crippen molar-refractivity contribution >= 4 is 0 Å². The second-order valence-corrected chi connectivity index (χ2v) is 3.73. The highest BCUT2D eigenvalue weighted by molar-refractivity contribution is 5.39. The second kappa shape index (κ2) is 5.69. The van der Waals surface area contributed by atoms with Gasteiger partial charge in [-0.15, -0.1) is 0 Å². The molecule has 0 atom stereocenters. The molecule has 0 amide bonds. The van der Waals surface area contributed by atoms with E-state index in [-0.39, 0.29) is 0 Å². The van der Waals surface area contributed by atoms with Crippen LogP contribution < -0.4 is 0 Å². The Labute approximate surface area is 86.8 Å². The average Bonchev–Trinajstić information content (AvgIpc) is 2.18. The summed E-state index contributed by atoms with van der Waals surface area (Å²) in [7, 11) is 0. The molecule has 0 aromatic heterocycles. The first-order chi connectivity index (χ1) is 6.79. The molecule has 0 spiro atoms. The highest BCUT2D eigenvalue weighted by Crippen LogP contribution is 2.23. The molecule has 0 fully saturated rings. The lowest BCUT2D eigenvalue weighted by atomic mass is 9.99. The van der Waals surface area contributed by atoms with Crippen LogP contribution in [0.15, 0.2) is 18.2 Å². The van der Waals surface area contributed by atoms with E-state index in [4.69, 9.17) is 0 Å². The fourth-order valence-electron chi connectivity index (χ4n) is 1.83. The highest BCUT2D eigenvalue weighted by Gasteiger charge is 2.04. The van der Waals surface area contributed by atoms with Gasteiger partial charge in [0.05, 0.1) is 0 Å². The minimum atomic E-state index is 0.460. The van der Waals surface area contributed by atoms with E-state index in [1.807, 2.05) is 6.07 Å². The van der Waals surface area contributed by atoms with Crippen LogP contribution in [0.25, 0.3) is 0 Å². The van der Waals surface area contributed by atoms with Gasteiger partial charge in [-0.05, 0) is 36.5 Å². The summed E-state index contributed by atoms with van der Waals surface area (Å²) in [6.07, 6.45) is 5.78. The van der Waals surface area contributed by atoms with E-state index >= 15 is 0 Å². The van der Waals surface area contributed by atoms with Gasteiger partial charge < -0.3 is 5.11 Å². The van der Waals surface area contributed by atoms with Crippen molar-refractivity contribution in [3.8, 4) is 5.75 Å². The number of phenols is 1. The Bertz CT molecular complexity index is 279. The van der Waals surface area contributed by atoms with Crippen LogP contribution in [0.5, 0.6) is 5.75 Å². The molecule has 1 N–H and O–H groups in total. The van der Waals surface area contributed by atoms with Crippen molar-refractivity contribution in [2.24, 2.45) is 0 Å². The molecule has 1 aromatic carbocycles. The highest BCUT2D eigenvalue weighted by atomic mass is 16.3. The van der Waals surface area contributed by atoms with Crippen LogP contribution in [-0.2, 0) is 12.8 Å². The summed E-state index contributed by atoms with van der Waals surface area (Å²) in [4.78, 5) is 0. The quantitative estimate of drug-likeness (QED) is 0.705. The third-order valence-corrected chi connectivity index (χ3v) is 2.65. The molecular formula is C13H20O. The zero-order valence-electron chi connectivity index (χ0n) is 9.21. The monoisotopic (exact) mass is 192 g/mol. The minimum absolute atomic E-state index is 0.460. The van der Waals surface area contributed by atoms with Crippen molar-refractivity contribution in [1.29, 1.82) is 0 Å². The molecule has 78 valence electrons. The number of hydrogen-bond acceptors (Lipinski definition) is 1. The summed E-state index contributed by atoms with van der Waals surface area (Å²) < 4.78 is 0. The van der Waals surface area contributed by atoms with Crippen LogP contribution in [0.4, 0.5) is 0 Å². The van der Waals surface area contributed by atoms with Gasteiger partial charge in [-0.1, -0.05) is 38.8 Å². The number of phenolic OH excluding ortho intramolecular Hbond substituents is 1. The van der Waals surface area contributed by atoms with Crippen molar-refractivity contribution < 1.29 is 5.11 Å². The number of rotatable bonds is 5. The Morgan fingerprint density at radius 2 is 1.93 bits per heavy atom. The summed E-state index contributed by atoms with van der Waals surface area (Å²) in [5.41, 5.74) is 2.45. The van der Waals surface area contributed by atoms with Crippen LogP contribution in [0, 0.1) is 0 Å². The molecule has 0 saturated carbocycles. The van der Waals surface area contributed by atoms with Gasteiger partial charge in [0, 0.05) is 0 Å². The van der Waals surface area contributed by atoms with E-state index < -0.39 is 0 Å². The topological polar surface area (TPSA) is 20.2 Å². The fraction of sp³-hybridized carbons (Fsp3) is 0.538. The third-order valence-electron chi connectivity index (χ3n) is 2.65. The Morgan fingerprint density at radius 1 is 1.14 bits per heavy atom. The SMILES string of the molecule is CCCCCc1cccc(O)c1CC. The Kier molecular flexibility index (Phi) is 4.51. The summed E-state index contributed by atoms with van der Waals surface area (Å²) in [5.74, 6) is 0.460. The zero-order chi connectivity index (χ0) is 10.4. The Balaban J connectivity index is 2.70. The lowest BCUT2D eigenvalue weighted by molar-refractivity contribution is 0.467. The van der Waals surface area contributed by atoms with Gasteiger partial charge in [0.2, 0.25) is 0 Å². The van der Waals surface area contributed by atoms with Gasteiger partial charge in [-0.25, -0.2) is 0 Å². The largest absolute Gasteiger partial charge is 0.508 e. The van der Waals surface area contributed by atoms with E-state index in [9.17, 15) is 5.11 Å². The van der Waals surface area contributed by atoms with Crippen molar-refractivity contribution in [2.45, 2.75) is 46.0 Å². The van der Waals surface area contributed by atoms with Crippen LogP contribution in [-0.4, -0.2) is 5.11 Å². The van der Waals surface area contributed by atoms with Gasteiger partial charge >= 0.3 is 0 Å². The van der Waals surface area contributed by atoms with E-state index in [1.165, 1.54) is 24.8 Å². The van der Waals surface area contributed by atoms with Crippen molar-refractivity contribution in [3.63, 3.8) is 0 Å². The first kappa shape index (κ1) is 11.1. The van der Waals surface area contributed by atoms with E-state index in [1.54, 1.807) is 6.07 Å². The van der Waals surface area contributed by atoms with Gasteiger partial charge in [0.1, 0.15) is 5.75 Å². The number of unbranched alkanes of at least 4 members (excludes halogenated alkanes) is 2. The van der Waals surface area contributed by atoms with Gasteiger partial charge in [0.15, 0.2) is 0 Å². The second-order valence-electron chi connectivity index (χ2n) is 3.73. The van der Waals surface area contributed by atoms with Crippen molar-refractivity contribution in [3.05, 3.63) is 29.3 Å². The van der Waals surface area contributed by atoms with E-state index in [0.29, 0.717) is 5.75 Å². The molecule has 1 aromatic rings. The van der Waals surface area contributed by atoms with Crippen molar-refractivity contribution in [1.82, 2.24) is 0 Å². The Hall–Kier alpha value is -0.980. The number of aryl methyl sites for hydroxylation is 1.